The van der Waals surface area contributed by atoms with Crippen LogP contribution < -0.4 is 4.74 Å². The van der Waals surface area contributed by atoms with Crippen LogP contribution in [0.5, 0.6) is 5.75 Å². The van der Waals surface area contributed by atoms with Gasteiger partial charge in [-0.15, -0.1) is 0 Å². The maximum absolute atomic E-state index is 11.5. The summed E-state index contributed by atoms with van der Waals surface area (Å²) in [4.78, 5) is 19.6. The van der Waals surface area contributed by atoms with Gasteiger partial charge in [-0.25, -0.2) is 9.98 Å². The molecule has 0 unspecified atom stereocenters. The first kappa shape index (κ1) is 9.58. The van der Waals surface area contributed by atoms with Crippen molar-refractivity contribution in [2.24, 2.45) is 4.99 Å². The van der Waals surface area contributed by atoms with Gasteiger partial charge in [-0.1, -0.05) is 6.08 Å². The minimum absolute atomic E-state index is 0.0972. The third kappa shape index (κ3) is 1.54. The fraction of sp³-hybridized carbons (Fsp3) is 0.182. The van der Waals surface area contributed by atoms with Gasteiger partial charge in [0.25, 0.3) is 0 Å². The Labute approximate surface area is 87.3 Å². The Bertz CT molecular complexity index is 475. The molecule has 1 aromatic heterocycles. The van der Waals surface area contributed by atoms with Gasteiger partial charge >= 0.3 is 0 Å². The highest BCUT2D eigenvalue weighted by Crippen LogP contribution is 2.30. The zero-order chi connectivity index (χ0) is 10.8. The first-order chi connectivity index (χ1) is 7.26. The molecular weight excluding hydrogens is 192 g/mol. The predicted molar refractivity (Wildman–Crippen MR) is 57.6 cm³/mol. The molecular formula is C11H10N2O2. The molecule has 0 aliphatic carbocycles. The van der Waals surface area contributed by atoms with E-state index in [0.29, 0.717) is 17.1 Å². The topological polar surface area (TPSA) is 51.5 Å². The number of pyridine rings is 1. The Morgan fingerprint density at radius 3 is 2.93 bits per heavy atom. The summed E-state index contributed by atoms with van der Waals surface area (Å²) in [7, 11) is 1.56. The molecule has 1 aromatic rings. The smallest absolute Gasteiger partial charge is 0.204 e. The number of aliphatic imine (C=N–C) groups is 1. The van der Waals surface area contributed by atoms with Crippen LogP contribution in [0.1, 0.15) is 12.5 Å². The fourth-order valence-corrected chi connectivity index (χ4v) is 1.47. The van der Waals surface area contributed by atoms with E-state index in [9.17, 15) is 4.79 Å². The average molecular weight is 202 g/mol. The number of ketones is 1. The van der Waals surface area contributed by atoms with Crippen molar-refractivity contribution in [3.63, 3.8) is 0 Å². The molecule has 4 heteroatoms. The second kappa shape index (κ2) is 3.65. The number of aromatic nitrogens is 1. The van der Waals surface area contributed by atoms with Gasteiger partial charge in [0.1, 0.15) is 5.75 Å². The Hall–Kier alpha value is -1.97. The van der Waals surface area contributed by atoms with Crippen molar-refractivity contribution in [1.29, 1.82) is 0 Å². The molecule has 0 radical (unpaired) electrons. The lowest BCUT2D eigenvalue weighted by molar-refractivity contribution is -0.107. The Balaban J connectivity index is 2.62. The lowest BCUT2D eigenvalue weighted by atomic mass is 10.0. The normalized spacial score (nSPS) is 16.7. The van der Waals surface area contributed by atoms with Crippen LogP contribution in [0.3, 0.4) is 0 Å². The Morgan fingerprint density at radius 1 is 1.47 bits per heavy atom. The summed E-state index contributed by atoms with van der Waals surface area (Å²) in [6.07, 6.45) is 4.63. The number of allylic oxidation sites excluding steroid dienone is 2. The minimum Gasteiger partial charge on any atom is -0.495 e. The summed E-state index contributed by atoms with van der Waals surface area (Å²) in [5.74, 6) is 1.08. The van der Waals surface area contributed by atoms with E-state index in [1.807, 2.05) is 6.92 Å². The molecule has 0 N–H and O–H groups in total. The molecule has 0 amide bonds. The van der Waals surface area contributed by atoms with Crippen LogP contribution in [0.4, 0.5) is 5.82 Å². The first-order valence-corrected chi connectivity index (χ1v) is 4.55. The van der Waals surface area contributed by atoms with Crippen LogP contribution >= 0.6 is 0 Å². The van der Waals surface area contributed by atoms with E-state index in [0.717, 1.165) is 5.56 Å². The van der Waals surface area contributed by atoms with Gasteiger partial charge in [-0.3, -0.25) is 4.79 Å². The van der Waals surface area contributed by atoms with Crippen LogP contribution in [-0.4, -0.2) is 24.1 Å². The average Bonchev–Trinajstić information content (AvgIpc) is 2.28. The third-order valence-electron chi connectivity index (χ3n) is 2.23. The molecule has 0 saturated heterocycles. The van der Waals surface area contributed by atoms with Crippen molar-refractivity contribution in [2.75, 3.05) is 7.11 Å². The second-order valence-corrected chi connectivity index (χ2v) is 3.07. The molecule has 4 nitrogen and oxygen atoms in total. The first-order valence-electron chi connectivity index (χ1n) is 4.55. The summed E-state index contributed by atoms with van der Waals surface area (Å²) in [5.41, 5.74) is 1.34. The third-order valence-corrected chi connectivity index (χ3v) is 2.23. The van der Waals surface area contributed by atoms with Crippen molar-refractivity contribution >= 4 is 23.4 Å². The largest absolute Gasteiger partial charge is 0.495 e. The van der Waals surface area contributed by atoms with Crippen LogP contribution in [0.15, 0.2) is 23.3 Å². The molecule has 76 valence electrons. The maximum Gasteiger partial charge on any atom is 0.204 e. The van der Waals surface area contributed by atoms with Crippen molar-refractivity contribution in [2.45, 2.75) is 6.92 Å². The standard InChI is InChI=1S/C11H10N2O2/c1-3-8-9-4-7(15-2)5-12-11(9)13-6-10(8)14/h3-6H,1-2H3/b8-3+. The summed E-state index contributed by atoms with van der Waals surface area (Å²) in [6, 6.07) is 1.77. The van der Waals surface area contributed by atoms with Crippen molar-refractivity contribution in [3.05, 3.63) is 23.9 Å². The van der Waals surface area contributed by atoms with E-state index < -0.39 is 0 Å². The second-order valence-electron chi connectivity index (χ2n) is 3.07. The number of fused-ring (bicyclic) bond motifs is 1. The number of hydrogen-bond acceptors (Lipinski definition) is 4. The van der Waals surface area contributed by atoms with Crippen LogP contribution in [-0.2, 0) is 4.79 Å². The molecule has 0 saturated carbocycles. The van der Waals surface area contributed by atoms with E-state index in [1.54, 1.807) is 25.4 Å². The van der Waals surface area contributed by atoms with Gasteiger partial charge in [0.2, 0.25) is 5.78 Å². The monoisotopic (exact) mass is 202 g/mol. The SMILES string of the molecule is C/C=C1/C(=O)C=Nc2ncc(OC)cc21. The molecule has 2 heterocycles. The zero-order valence-electron chi connectivity index (χ0n) is 8.52. The van der Waals surface area contributed by atoms with Gasteiger partial charge < -0.3 is 4.74 Å². The number of rotatable bonds is 1. The molecule has 15 heavy (non-hydrogen) atoms. The molecule has 0 bridgehead atoms. The maximum atomic E-state index is 11.5. The molecule has 1 aliphatic heterocycles. The number of carbonyl (C=O) groups is 1. The van der Waals surface area contributed by atoms with E-state index in [4.69, 9.17) is 4.74 Å². The van der Waals surface area contributed by atoms with Gasteiger partial charge in [-0.05, 0) is 13.0 Å². The minimum atomic E-state index is -0.0972. The van der Waals surface area contributed by atoms with E-state index >= 15 is 0 Å². The molecule has 0 spiro atoms. The number of carbonyl (C=O) groups excluding carboxylic acids is 1. The van der Waals surface area contributed by atoms with Crippen LogP contribution in [0.2, 0.25) is 0 Å². The zero-order valence-corrected chi connectivity index (χ0v) is 8.52. The quantitative estimate of drug-likeness (QED) is 0.652. The van der Waals surface area contributed by atoms with Gasteiger partial charge in [0.15, 0.2) is 5.82 Å². The van der Waals surface area contributed by atoms with E-state index in [-0.39, 0.29) is 5.78 Å². The van der Waals surface area contributed by atoms with Crippen LogP contribution in [0, 0.1) is 0 Å². The lowest BCUT2D eigenvalue weighted by Gasteiger charge is -2.11. The highest BCUT2D eigenvalue weighted by molar-refractivity contribution is 6.49. The molecule has 0 atom stereocenters. The molecule has 1 aliphatic rings. The van der Waals surface area contributed by atoms with Gasteiger partial charge in [0.05, 0.1) is 19.5 Å². The highest BCUT2D eigenvalue weighted by atomic mass is 16.5. The van der Waals surface area contributed by atoms with Crippen molar-refractivity contribution in [1.82, 2.24) is 4.98 Å². The van der Waals surface area contributed by atoms with Crippen molar-refractivity contribution < 1.29 is 9.53 Å². The summed E-state index contributed by atoms with van der Waals surface area (Å²) in [5, 5.41) is 0. The Morgan fingerprint density at radius 2 is 2.27 bits per heavy atom. The Kier molecular flexibility index (Phi) is 2.33. The number of Topliss-reactive ketones (excluding diaryl/α,β-unsaturated/α-hetero) is 1. The van der Waals surface area contributed by atoms with Crippen molar-refractivity contribution in [3.8, 4) is 5.75 Å². The number of ether oxygens (including phenoxy) is 1. The summed E-state index contributed by atoms with van der Waals surface area (Å²) >= 11 is 0. The molecule has 0 aromatic carbocycles. The fourth-order valence-electron chi connectivity index (χ4n) is 1.47. The van der Waals surface area contributed by atoms with E-state index in [1.165, 1.54) is 6.21 Å². The lowest BCUT2D eigenvalue weighted by Crippen LogP contribution is -2.08. The summed E-state index contributed by atoms with van der Waals surface area (Å²) in [6.45, 7) is 1.82. The molecule has 2 rings (SSSR count). The molecule has 0 fully saturated rings. The van der Waals surface area contributed by atoms with E-state index in [2.05, 4.69) is 9.98 Å². The number of nitrogens with zero attached hydrogens (tertiary/aromatic N) is 2. The van der Waals surface area contributed by atoms with Gasteiger partial charge in [0, 0.05) is 11.1 Å². The summed E-state index contributed by atoms with van der Waals surface area (Å²) < 4.78 is 5.06. The van der Waals surface area contributed by atoms with Gasteiger partial charge in [-0.2, -0.15) is 0 Å². The predicted octanol–water partition coefficient (Wildman–Crippen LogP) is 1.78. The number of methoxy groups -OCH3 is 1. The van der Waals surface area contributed by atoms with Crippen LogP contribution in [0.25, 0.3) is 5.57 Å². The number of hydrogen-bond donors (Lipinski definition) is 0. The highest BCUT2D eigenvalue weighted by Gasteiger charge is 2.19.